The second kappa shape index (κ2) is 5.80. The molecule has 2 heterocycles. The first-order chi connectivity index (χ1) is 10.5. The van der Waals surface area contributed by atoms with Gasteiger partial charge in [-0.05, 0) is 36.8 Å². The van der Waals surface area contributed by atoms with E-state index in [0.717, 1.165) is 22.6 Å². The van der Waals surface area contributed by atoms with E-state index in [-0.39, 0.29) is 12.4 Å². The molecule has 2 N–H and O–H groups in total. The van der Waals surface area contributed by atoms with Gasteiger partial charge in [0.25, 0.3) is 0 Å². The summed E-state index contributed by atoms with van der Waals surface area (Å²) in [5, 5.41) is 19.9. The highest BCUT2D eigenvalue weighted by molar-refractivity contribution is 6.44. The molecule has 22 heavy (non-hydrogen) atoms. The van der Waals surface area contributed by atoms with Gasteiger partial charge in [0.1, 0.15) is 11.4 Å². The molecule has 1 aromatic carbocycles. The summed E-state index contributed by atoms with van der Waals surface area (Å²) in [5.41, 5.74) is 3.78. The summed E-state index contributed by atoms with van der Waals surface area (Å²) < 4.78 is 1.93. The standard InChI is InChI=1S/C16H14Cl2N2O2/c1-9-12(5-7-21)19-14-8-10(4-6-20(9)14)15-13(22)3-2-11(17)16(15)18/h2-4,6,8,21-22H,5,7H2,1H3. The van der Waals surface area contributed by atoms with E-state index in [1.807, 2.05) is 29.7 Å². The second-order valence-corrected chi connectivity index (χ2v) is 5.80. The minimum atomic E-state index is 0.0541. The van der Waals surface area contributed by atoms with Crippen LogP contribution in [-0.2, 0) is 6.42 Å². The molecule has 0 radical (unpaired) electrons. The molecule has 0 saturated carbocycles. The molecular weight excluding hydrogens is 323 g/mol. The van der Waals surface area contributed by atoms with Crippen molar-refractivity contribution in [2.75, 3.05) is 6.61 Å². The summed E-state index contributed by atoms with van der Waals surface area (Å²) in [5.74, 6) is 0.0672. The van der Waals surface area contributed by atoms with E-state index >= 15 is 0 Å². The van der Waals surface area contributed by atoms with Gasteiger partial charge < -0.3 is 14.6 Å². The highest BCUT2D eigenvalue weighted by Crippen LogP contribution is 2.40. The van der Waals surface area contributed by atoms with Crippen LogP contribution < -0.4 is 0 Å². The molecule has 0 atom stereocenters. The largest absolute Gasteiger partial charge is 0.507 e. The van der Waals surface area contributed by atoms with Crippen LogP contribution in [0.4, 0.5) is 0 Å². The van der Waals surface area contributed by atoms with Gasteiger partial charge in [0.15, 0.2) is 0 Å². The second-order valence-electron chi connectivity index (χ2n) is 5.02. The fourth-order valence-electron chi connectivity index (χ4n) is 2.53. The number of benzene rings is 1. The third-order valence-corrected chi connectivity index (χ3v) is 4.48. The Hall–Kier alpha value is -1.75. The van der Waals surface area contributed by atoms with Crippen molar-refractivity contribution in [1.29, 1.82) is 0 Å². The van der Waals surface area contributed by atoms with Gasteiger partial charge in [-0.3, -0.25) is 0 Å². The summed E-state index contributed by atoms with van der Waals surface area (Å²) in [4.78, 5) is 4.52. The third kappa shape index (κ3) is 2.43. The summed E-state index contributed by atoms with van der Waals surface area (Å²) in [7, 11) is 0. The Morgan fingerprint density at radius 1 is 1.23 bits per heavy atom. The van der Waals surface area contributed by atoms with Crippen molar-refractivity contribution in [2.45, 2.75) is 13.3 Å². The third-order valence-electron chi connectivity index (χ3n) is 3.67. The Kier molecular flexibility index (Phi) is 4.00. The highest BCUT2D eigenvalue weighted by atomic mass is 35.5. The molecule has 2 aromatic heterocycles. The van der Waals surface area contributed by atoms with Crippen LogP contribution in [0.1, 0.15) is 11.4 Å². The first-order valence-corrected chi connectivity index (χ1v) is 7.54. The molecule has 0 amide bonds. The normalized spacial score (nSPS) is 11.3. The molecule has 114 valence electrons. The van der Waals surface area contributed by atoms with Crippen LogP contribution in [0.2, 0.25) is 10.0 Å². The maximum absolute atomic E-state index is 10.1. The van der Waals surface area contributed by atoms with Crippen LogP contribution in [0.5, 0.6) is 5.75 Å². The number of aryl methyl sites for hydroxylation is 1. The van der Waals surface area contributed by atoms with Crippen LogP contribution in [0.15, 0.2) is 30.5 Å². The van der Waals surface area contributed by atoms with Gasteiger partial charge in [-0.2, -0.15) is 0 Å². The number of halogens is 2. The smallest absolute Gasteiger partial charge is 0.137 e. The average Bonchev–Trinajstić information content (AvgIpc) is 2.80. The number of pyridine rings is 1. The molecule has 4 nitrogen and oxygen atoms in total. The lowest BCUT2D eigenvalue weighted by molar-refractivity contribution is 0.298. The number of nitrogens with zero attached hydrogens (tertiary/aromatic N) is 2. The van der Waals surface area contributed by atoms with Crippen molar-refractivity contribution < 1.29 is 10.2 Å². The summed E-state index contributed by atoms with van der Waals surface area (Å²) in [6.07, 6.45) is 2.37. The SMILES string of the molecule is Cc1c(CCO)nc2cc(-c3c(O)ccc(Cl)c3Cl)ccn12. The number of hydrogen-bond acceptors (Lipinski definition) is 3. The molecule has 3 aromatic rings. The number of imidazole rings is 1. The molecule has 0 saturated heterocycles. The lowest BCUT2D eigenvalue weighted by Gasteiger charge is -2.09. The van der Waals surface area contributed by atoms with Crippen LogP contribution in [0, 0.1) is 6.92 Å². The zero-order valence-corrected chi connectivity index (χ0v) is 13.4. The van der Waals surface area contributed by atoms with Gasteiger partial charge in [0.05, 0.1) is 15.7 Å². The Bertz CT molecular complexity index is 859. The lowest BCUT2D eigenvalue weighted by atomic mass is 10.1. The predicted molar refractivity (Wildman–Crippen MR) is 87.8 cm³/mol. The van der Waals surface area contributed by atoms with E-state index < -0.39 is 0 Å². The molecule has 0 spiro atoms. The number of hydrogen-bond donors (Lipinski definition) is 2. The molecular formula is C16H14Cl2N2O2. The Labute approximate surface area is 137 Å². The van der Waals surface area contributed by atoms with Crippen molar-refractivity contribution in [3.63, 3.8) is 0 Å². The van der Waals surface area contributed by atoms with E-state index in [2.05, 4.69) is 4.98 Å². The number of rotatable bonds is 3. The Morgan fingerprint density at radius 3 is 2.73 bits per heavy atom. The number of aliphatic hydroxyl groups is 1. The number of aliphatic hydroxyl groups excluding tert-OH is 1. The quantitative estimate of drug-likeness (QED) is 0.763. The molecule has 0 aliphatic heterocycles. The summed E-state index contributed by atoms with van der Waals surface area (Å²) >= 11 is 12.3. The molecule has 0 aliphatic rings. The van der Waals surface area contributed by atoms with Crippen LogP contribution >= 0.6 is 23.2 Å². The maximum atomic E-state index is 10.1. The fraction of sp³-hybridized carbons (Fsp3) is 0.188. The predicted octanol–water partition coefficient (Wildman–Crippen LogP) is 3.86. The van der Waals surface area contributed by atoms with Crippen molar-refractivity contribution in [2.24, 2.45) is 0 Å². The van der Waals surface area contributed by atoms with Gasteiger partial charge in [-0.1, -0.05) is 23.2 Å². The topological polar surface area (TPSA) is 57.8 Å². The first kappa shape index (κ1) is 15.2. The Balaban J connectivity index is 2.19. The van der Waals surface area contributed by atoms with Crippen molar-refractivity contribution >= 4 is 28.8 Å². The lowest BCUT2D eigenvalue weighted by Crippen LogP contribution is -1.94. The maximum Gasteiger partial charge on any atom is 0.137 e. The zero-order valence-electron chi connectivity index (χ0n) is 11.8. The first-order valence-electron chi connectivity index (χ1n) is 6.78. The van der Waals surface area contributed by atoms with E-state index in [4.69, 9.17) is 28.3 Å². The van der Waals surface area contributed by atoms with Gasteiger partial charge in [-0.15, -0.1) is 0 Å². The van der Waals surface area contributed by atoms with Gasteiger partial charge >= 0.3 is 0 Å². The molecule has 0 bridgehead atoms. The summed E-state index contributed by atoms with van der Waals surface area (Å²) in [6, 6.07) is 6.76. The minimum absolute atomic E-state index is 0.0541. The summed E-state index contributed by atoms with van der Waals surface area (Å²) in [6.45, 7) is 2.01. The van der Waals surface area contributed by atoms with Gasteiger partial charge in [0.2, 0.25) is 0 Å². The minimum Gasteiger partial charge on any atom is -0.507 e. The number of aromatic hydroxyl groups is 1. The van der Waals surface area contributed by atoms with Crippen molar-refractivity contribution in [3.05, 3.63) is 51.9 Å². The number of aromatic nitrogens is 2. The molecule has 3 rings (SSSR count). The van der Waals surface area contributed by atoms with E-state index in [9.17, 15) is 5.11 Å². The van der Waals surface area contributed by atoms with Gasteiger partial charge in [0, 0.05) is 30.5 Å². The van der Waals surface area contributed by atoms with Crippen molar-refractivity contribution in [1.82, 2.24) is 9.38 Å². The molecule has 0 fully saturated rings. The molecule has 6 heteroatoms. The van der Waals surface area contributed by atoms with Crippen molar-refractivity contribution in [3.8, 4) is 16.9 Å². The number of phenols is 1. The Morgan fingerprint density at radius 2 is 2.00 bits per heavy atom. The van der Waals surface area contributed by atoms with E-state index in [1.54, 1.807) is 6.07 Å². The number of fused-ring (bicyclic) bond motifs is 1. The van der Waals surface area contributed by atoms with Crippen LogP contribution in [0.25, 0.3) is 16.8 Å². The van der Waals surface area contributed by atoms with Crippen LogP contribution in [-0.4, -0.2) is 26.2 Å². The molecule has 0 aliphatic carbocycles. The fourth-order valence-corrected chi connectivity index (χ4v) is 2.96. The van der Waals surface area contributed by atoms with E-state index in [1.165, 1.54) is 6.07 Å². The van der Waals surface area contributed by atoms with Crippen LogP contribution in [0.3, 0.4) is 0 Å². The highest BCUT2D eigenvalue weighted by Gasteiger charge is 2.15. The zero-order chi connectivity index (χ0) is 15.9. The molecule has 0 unspecified atom stereocenters. The van der Waals surface area contributed by atoms with Gasteiger partial charge in [-0.25, -0.2) is 4.98 Å². The van der Waals surface area contributed by atoms with E-state index in [0.29, 0.717) is 22.0 Å². The number of phenolic OH excluding ortho intramolecular Hbond substituents is 1. The average molecular weight is 337 g/mol. The monoisotopic (exact) mass is 336 g/mol.